The molecule has 4 heterocycles. The number of nitrogens with one attached hydrogen (secondary N) is 1. The van der Waals surface area contributed by atoms with Crippen LogP contribution in [0.4, 0.5) is 15.6 Å². The summed E-state index contributed by atoms with van der Waals surface area (Å²) >= 11 is 1.59. The molecular weight excluding hydrogens is 400 g/mol. The number of piperazine rings is 1. The molecule has 8 nitrogen and oxygen atoms in total. The molecule has 2 aliphatic heterocycles. The zero-order valence-corrected chi connectivity index (χ0v) is 17.5. The summed E-state index contributed by atoms with van der Waals surface area (Å²) in [6.45, 7) is 6.03. The maximum Gasteiger partial charge on any atom is 0.322 e. The molecule has 9 heteroatoms. The minimum absolute atomic E-state index is 0.0288. The zero-order chi connectivity index (χ0) is 20.7. The number of urea groups is 1. The van der Waals surface area contributed by atoms with Crippen molar-refractivity contribution in [1.29, 1.82) is 0 Å². The first-order valence-electron chi connectivity index (χ1n) is 10.0. The number of hydrogen-bond acceptors (Lipinski definition) is 6. The van der Waals surface area contributed by atoms with Crippen molar-refractivity contribution >= 4 is 44.4 Å². The predicted octanol–water partition coefficient (Wildman–Crippen LogP) is 2.49. The van der Waals surface area contributed by atoms with Gasteiger partial charge in [-0.05, 0) is 42.8 Å². The number of aryl methyl sites for hydroxylation is 1. The normalized spacial score (nSPS) is 17.0. The lowest BCUT2D eigenvalue weighted by Crippen LogP contribution is -2.48. The summed E-state index contributed by atoms with van der Waals surface area (Å²) in [5, 5.41) is 3.77. The fraction of sp³-hybridized carbons (Fsp3) is 0.333. The number of aromatic nitrogens is 2. The van der Waals surface area contributed by atoms with Gasteiger partial charge in [0.2, 0.25) is 0 Å². The Bertz CT molecular complexity index is 1090. The van der Waals surface area contributed by atoms with Gasteiger partial charge in [0.25, 0.3) is 5.91 Å². The molecule has 0 aliphatic carbocycles. The molecule has 2 aromatic heterocycles. The van der Waals surface area contributed by atoms with Crippen molar-refractivity contribution in [1.82, 2.24) is 20.2 Å². The van der Waals surface area contributed by atoms with E-state index in [1.807, 2.05) is 42.2 Å². The van der Waals surface area contributed by atoms with E-state index in [-0.39, 0.29) is 11.9 Å². The van der Waals surface area contributed by atoms with Crippen molar-refractivity contribution in [2.75, 3.05) is 49.1 Å². The van der Waals surface area contributed by atoms with Crippen molar-refractivity contribution in [3.8, 4) is 0 Å². The first-order chi connectivity index (χ1) is 14.6. The molecule has 0 unspecified atom stereocenters. The Balaban J connectivity index is 1.26. The first-order valence-corrected chi connectivity index (χ1v) is 10.8. The monoisotopic (exact) mass is 422 g/mol. The van der Waals surface area contributed by atoms with Gasteiger partial charge in [-0.1, -0.05) is 11.3 Å². The molecular formula is C21H22N6O2S. The number of carbonyl (C=O) groups excluding carboxylic acids is 2. The third-order valence-electron chi connectivity index (χ3n) is 5.58. The number of pyridine rings is 1. The number of anilines is 2. The standard InChI is InChI=1S/C21H22N6O2S/c1-14-13-15(4-5-17(14)27-8-7-23-20(27)29)19(28)25-9-11-26(12-10-25)21-24-16-3-2-6-22-18(16)30-21/h2-6,13H,7-12H2,1H3,(H,23,29). The molecule has 0 bridgehead atoms. The van der Waals surface area contributed by atoms with Crippen LogP contribution in [-0.2, 0) is 0 Å². The smallest absolute Gasteiger partial charge is 0.322 e. The summed E-state index contributed by atoms with van der Waals surface area (Å²) in [5.41, 5.74) is 3.36. The minimum Gasteiger partial charge on any atom is -0.344 e. The molecule has 3 aromatic rings. The number of carbonyl (C=O) groups is 2. The Morgan fingerprint density at radius 3 is 2.67 bits per heavy atom. The topological polar surface area (TPSA) is 81.7 Å². The molecule has 0 radical (unpaired) electrons. The van der Waals surface area contributed by atoms with E-state index in [2.05, 4.69) is 20.2 Å². The largest absolute Gasteiger partial charge is 0.344 e. The lowest BCUT2D eigenvalue weighted by molar-refractivity contribution is 0.0746. The van der Waals surface area contributed by atoms with Gasteiger partial charge in [-0.15, -0.1) is 0 Å². The average Bonchev–Trinajstić information content (AvgIpc) is 3.39. The number of benzene rings is 1. The number of thiazole rings is 1. The SMILES string of the molecule is Cc1cc(C(=O)N2CCN(c3nc4cccnc4s3)CC2)ccc1N1CCNC1=O. The van der Waals surface area contributed by atoms with E-state index in [1.54, 1.807) is 22.4 Å². The van der Waals surface area contributed by atoms with Crippen molar-refractivity contribution in [2.45, 2.75) is 6.92 Å². The van der Waals surface area contributed by atoms with Gasteiger partial charge in [0, 0.05) is 56.7 Å². The Hall–Kier alpha value is -3.20. The third kappa shape index (κ3) is 3.35. The third-order valence-corrected chi connectivity index (χ3v) is 6.62. The van der Waals surface area contributed by atoms with Crippen LogP contribution in [0.3, 0.4) is 0 Å². The number of hydrogen-bond donors (Lipinski definition) is 1. The fourth-order valence-electron chi connectivity index (χ4n) is 3.97. The molecule has 0 saturated carbocycles. The minimum atomic E-state index is -0.0849. The summed E-state index contributed by atoms with van der Waals surface area (Å²) < 4.78 is 0. The molecule has 0 spiro atoms. The summed E-state index contributed by atoms with van der Waals surface area (Å²) in [5.74, 6) is 0.0288. The van der Waals surface area contributed by atoms with Crippen molar-refractivity contribution in [3.05, 3.63) is 47.7 Å². The number of rotatable bonds is 3. The second-order valence-corrected chi connectivity index (χ2v) is 8.44. The van der Waals surface area contributed by atoms with Crippen molar-refractivity contribution in [2.24, 2.45) is 0 Å². The van der Waals surface area contributed by atoms with Crippen molar-refractivity contribution < 1.29 is 9.59 Å². The Kier molecular flexibility index (Phi) is 4.74. The number of nitrogens with zero attached hydrogens (tertiary/aromatic N) is 5. The highest BCUT2D eigenvalue weighted by atomic mass is 32.1. The fourth-order valence-corrected chi connectivity index (χ4v) is 4.93. The molecule has 0 atom stereocenters. The molecule has 1 N–H and O–H groups in total. The number of fused-ring (bicyclic) bond motifs is 1. The summed E-state index contributed by atoms with van der Waals surface area (Å²) in [7, 11) is 0. The van der Waals surface area contributed by atoms with Crippen LogP contribution in [0.2, 0.25) is 0 Å². The second-order valence-electron chi connectivity index (χ2n) is 7.49. The Morgan fingerprint density at radius 1 is 1.13 bits per heavy atom. The highest BCUT2D eigenvalue weighted by Crippen LogP contribution is 2.28. The molecule has 3 amide bonds. The van der Waals surface area contributed by atoms with E-state index in [0.717, 1.165) is 39.8 Å². The van der Waals surface area contributed by atoms with E-state index in [4.69, 9.17) is 0 Å². The highest BCUT2D eigenvalue weighted by Gasteiger charge is 2.26. The van der Waals surface area contributed by atoms with Gasteiger partial charge >= 0.3 is 6.03 Å². The van der Waals surface area contributed by atoms with Gasteiger partial charge in [-0.25, -0.2) is 14.8 Å². The molecule has 2 aliphatic rings. The molecule has 2 fully saturated rings. The summed E-state index contributed by atoms with van der Waals surface area (Å²) in [4.78, 5) is 40.7. The van der Waals surface area contributed by atoms with Crippen molar-refractivity contribution in [3.63, 3.8) is 0 Å². The molecule has 1 aromatic carbocycles. The van der Waals surface area contributed by atoms with Crippen LogP contribution in [0.25, 0.3) is 10.3 Å². The van der Waals surface area contributed by atoms with Crippen LogP contribution in [0.1, 0.15) is 15.9 Å². The lowest BCUT2D eigenvalue weighted by Gasteiger charge is -2.34. The van der Waals surface area contributed by atoms with E-state index >= 15 is 0 Å². The second kappa shape index (κ2) is 7.56. The molecule has 5 rings (SSSR count). The van der Waals surface area contributed by atoms with Crippen LogP contribution < -0.4 is 15.1 Å². The summed E-state index contributed by atoms with van der Waals surface area (Å²) in [6.07, 6.45) is 1.78. The van der Waals surface area contributed by atoms with Crippen LogP contribution in [0.15, 0.2) is 36.5 Å². The first kappa shape index (κ1) is 18.8. The molecule has 154 valence electrons. The summed E-state index contributed by atoms with van der Waals surface area (Å²) in [6, 6.07) is 9.36. The van der Waals surface area contributed by atoms with E-state index in [9.17, 15) is 9.59 Å². The predicted molar refractivity (Wildman–Crippen MR) is 117 cm³/mol. The van der Waals surface area contributed by atoms with Gasteiger partial charge in [-0.3, -0.25) is 9.69 Å². The lowest BCUT2D eigenvalue weighted by atomic mass is 10.1. The van der Waals surface area contributed by atoms with Gasteiger partial charge in [0.15, 0.2) is 5.13 Å². The van der Waals surface area contributed by atoms with E-state index in [1.165, 1.54) is 0 Å². The van der Waals surface area contributed by atoms with Crippen LogP contribution >= 0.6 is 11.3 Å². The molecule has 30 heavy (non-hydrogen) atoms. The van der Waals surface area contributed by atoms with Crippen LogP contribution in [0.5, 0.6) is 0 Å². The van der Waals surface area contributed by atoms with Crippen LogP contribution in [0, 0.1) is 6.92 Å². The highest BCUT2D eigenvalue weighted by molar-refractivity contribution is 7.21. The Morgan fingerprint density at radius 2 is 1.97 bits per heavy atom. The maximum absolute atomic E-state index is 13.0. The van der Waals surface area contributed by atoms with Crippen LogP contribution in [-0.4, -0.2) is 66.1 Å². The van der Waals surface area contributed by atoms with E-state index < -0.39 is 0 Å². The molecule has 2 saturated heterocycles. The number of amides is 3. The van der Waals surface area contributed by atoms with Gasteiger partial charge < -0.3 is 15.1 Å². The zero-order valence-electron chi connectivity index (χ0n) is 16.7. The average molecular weight is 423 g/mol. The van der Waals surface area contributed by atoms with Gasteiger partial charge in [-0.2, -0.15) is 0 Å². The van der Waals surface area contributed by atoms with Gasteiger partial charge in [0.1, 0.15) is 10.3 Å². The maximum atomic E-state index is 13.0. The quantitative estimate of drug-likeness (QED) is 0.701. The van der Waals surface area contributed by atoms with E-state index in [0.29, 0.717) is 31.7 Å². The van der Waals surface area contributed by atoms with Gasteiger partial charge in [0.05, 0.1) is 0 Å². The Labute approximate surface area is 178 Å².